The molecule has 0 N–H and O–H groups in total. The van der Waals surface area contributed by atoms with Crippen molar-refractivity contribution in [1.82, 2.24) is 0 Å². The van der Waals surface area contributed by atoms with Crippen molar-refractivity contribution in [2.24, 2.45) is 0 Å². The second-order valence-electron chi connectivity index (χ2n) is 1.39. The first-order valence-corrected chi connectivity index (χ1v) is 2.72. The molecule has 1 atom stereocenters. The average Bonchev–Trinajstić information content (AvgIpc) is 2.14. The van der Waals surface area contributed by atoms with Gasteiger partial charge in [-0.05, 0) is 0 Å². The topological polar surface area (TPSA) is 35.5 Å². The molecule has 1 aliphatic heterocycles. The van der Waals surface area contributed by atoms with E-state index in [4.69, 9.17) is 16.3 Å². The predicted molar refractivity (Wildman–Crippen MR) is 26.6 cm³/mol. The lowest BCUT2D eigenvalue weighted by atomic mass is 10.4. The van der Waals surface area contributed by atoms with Gasteiger partial charge in [-0.1, -0.05) is 0 Å². The minimum absolute atomic E-state index is 0.0518. The number of ether oxygens (including phenoxy) is 2. The Morgan fingerprint density at radius 3 is 2.88 bits per heavy atom. The maximum Gasteiger partial charge on any atom is 0.338 e. The van der Waals surface area contributed by atoms with Crippen LogP contribution in [0.15, 0.2) is 0 Å². The van der Waals surface area contributed by atoms with E-state index in [0.717, 1.165) is 0 Å². The lowest BCUT2D eigenvalue weighted by Crippen LogP contribution is -2.17. The summed E-state index contributed by atoms with van der Waals surface area (Å²) in [5.74, 6) is -0.182. The number of hydrogen-bond donors (Lipinski definition) is 0. The van der Waals surface area contributed by atoms with E-state index in [1.54, 1.807) is 0 Å². The van der Waals surface area contributed by atoms with E-state index in [9.17, 15) is 4.79 Å². The highest BCUT2D eigenvalue weighted by Crippen LogP contribution is 2.05. The number of hydrogen-bond acceptors (Lipinski definition) is 3. The fraction of sp³-hybridized carbons (Fsp3) is 0.750. The Bertz CT molecular complexity index is 103. The highest BCUT2D eigenvalue weighted by molar-refractivity contribution is 6.19. The molecule has 1 aliphatic rings. The number of cyclic esters (lactones) is 1. The van der Waals surface area contributed by atoms with E-state index in [1.807, 2.05) is 0 Å². The molecule has 3 nitrogen and oxygen atoms in total. The van der Waals surface area contributed by atoms with Crippen LogP contribution in [-0.2, 0) is 14.3 Å². The SMILES string of the molecule is O=C1OCOC1CCl. The monoisotopic (exact) mass is 136 g/mol. The molecule has 0 bridgehead atoms. The van der Waals surface area contributed by atoms with Crippen LogP contribution in [-0.4, -0.2) is 24.7 Å². The normalized spacial score (nSPS) is 28.1. The van der Waals surface area contributed by atoms with E-state index in [1.165, 1.54) is 0 Å². The molecule has 0 radical (unpaired) electrons. The average molecular weight is 137 g/mol. The molecular formula is C4H5ClO3. The molecule has 1 unspecified atom stereocenters. The molecule has 0 aliphatic carbocycles. The first-order valence-electron chi connectivity index (χ1n) is 2.19. The first-order chi connectivity index (χ1) is 3.84. The Morgan fingerprint density at radius 2 is 2.62 bits per heavy atom. The van der Waals surface area contributed by atoms with Gasteiger partial charge >= 0.3 is 5.97 Å². The summed E-state index contributed by atoms with van der Waals surface area (Å²) in [6.45, 7) is 0.0518. The van der Waals surface area contributed by atoms with Crippen LogP contribution < -0.4 is 0 Å². The summed E-state index contributed by atoms with van der Waals surface area (Å²) < 4.78 is 9.12. The van der Waals surface area contributed by atoms with Crippen LogP contribution in [0.2, 0.25) is 0 Å². The lowest BCUT2D eigenvalue weighted by molar-refractivity contribution is -0.138. The fourth-order valence-electron chi connectivity index (χ4n) is 0.443. The second-order valence-corrected chi connectivity index (χ2v) is 1.70. The zero-order chi connectivity index (χ0) is 5.98. The summed E-state index contributed by atoms with van der Waals surface area (Å²) in [5, 5.41) is 0. The largest absolute Gasteiger partial charge is 0.436 e. The molecule has 1 fully saturated rings. The van der Waals surface area contributed by atoms with Crippen molar-refractivity contribution in [3.8, 4) is 0 Å². The van der Waals surface area contributed by atoms with Gasteiger partial charge in [-0.25, -0.2) is 4.79 Å². The molecule has 0 spiro atoms. The minimum Gasteiger partial charge on any atom is -0.436 e. The molecule has 1 rings (SSSR count). The van der Waals surface area contributed by atoms with E-state index in [2.05, 4.69) is 4.74 Å². The number of carbonyl (C=O) groups is 1. The second kappa shape index (κ2) is 2.33. The van der Waals surface area contributed by atoms with Crippen molar-refractivity contribution in [2.75, 3.05) is 12.7 Å². The minimum atomic E-state index is -0.531. The van der Waals surface area contributed by atoms with E-state index >= 15 is 0 Å². The Balaban J connectivity index is 2.42. The molecule has 1 heterocycles. The number of rotatable bonds is 1. The number of halogens is 1. The summed E-state index contributed by atoms with van der Waals surface area (Å²) >= 11 is 5.28. The van der Waals surface area contributed by atoms with Crippen molar-refractivity contribution < 1.29 is 14.3 Å². The molecule has 0 amide bonds. The Hall–Kier alpha value is -0.280. The molecule has 8 heavy (non-hydrogen) atoms. The van der Waals surface area contributed by atoms with Gasteiger partial charge in [0.2, 0.25) is 0 Å². The number of carbonyl (C=O) groups excluding carboxylic acids is 1. The molecule has 46 valence electrons. The smallest absolute Gasteiger partial charge is 0.338 e. The van der Waals surface area contributed by atoms with Gasteiger partial charge in [0.25, 0.3) is 0 Å². The Labute approximate surface area is 51.5 Å². The van der Waals surface area contributed by atoms with Gasteiger partial charge in [0.05, 0.1) is 5.88 Å². The van der Waals surface area contributed by atoms with Crippen LogP contribution in [0.4, 0.5) is 0 Å². The molecular weight excluding hydrogens is 131 g/mol. The summed E-state index contributed by atoms with van der Waals surface area (Å²) in [6, 6.07) is 0. The van der Waals surface area contributed by atoms with Crippen LogP contribution in [0, 0.1) is 0 Å². The highest BCUT2D eigenvalue weighted by atomic mass is 35.5. The zero-order valence-corrected chi connectivity index (χ0v) is 4.85. The van der Waals surface area contributed by atoms with Crippen molar-refractivity contribution in [1.29, 1.82) is 0 Å². The maximum absolute atomic E-state index is 10.4. The maximum atomic E-state index is 10.4. The van der Waals surface area contributed by atoms with E-state index in [0.29, 0.717) is 0 Å². The quantitative estimate of drug-likeness (QED) is 0.380. The van der Waals surface area contributed by atoms with Crippen LogP contribution in [0.5, 0.6) is 0 Å². The van der Waals surface area contributed by atoms with Gasteiger partial charge in [-0.2, -0.15) is 0 Å². The Morgan fingerprint density at radius 1 is 1.88 bits per heavy atom. The van der Waals surface area contributed by atoms with Crippen molar-refractivity contribution in [2.45, 2.75) is 6.10 Å². The van der Waals surface area contributed by atoms with Crippen molar-refractivity contribution in [3.05, 3.63) is 0 Å². The summed E-state index contributed by atoms with van der Waals surface area (Å²) in [4.78, 5) is 10.4. The fourth-order valence-corrected chi connectivity index (χ4v) is 0.658. The third kappa shape index (κ3) is 0.928. The van der Waals surface area contributed by atoms with Gasteiger partial charge in [-0.3, -0.25) is 0 Å². The highest BCUT2D eigenvalue weighted by Gasteiger charge is 2.25. The number of esters is 1. The van der Waals surface area contributed by atoms with Gasteiger partial charge < -0.3 is 9.47 Å². The van der Waals surface area contributed by atoms with E-state index in [-0.39, 0.29) is 18.6 Å². The molecule has 4 heteroatoms. The Kier molecular flexibility index (Phi) is 1.70. The molecule has 0 aromatic carbocycles. The third-order valence-corrected chi connectivity index (χ3v) is 1.15. The standard InChI is InChI=1S/C4H5ClO3/c5-1-3-4(6)8-2-7-3/h3H,1-2H2. The van der Waals surface area contributed by atoms with Gasteiger partial charge in [0.1, 0.15) is 0 Å². The van der Waals surface area contributed by atoms with Crippen LogP contribution in [0.1, 0.15) is 0 Å². The van der Waals surface area contributed by atoms with Crippen LogP contribution in [0.3, 0.4) is 0 Å². The van der Waals surface area contributed by atoms with Gasteiger partial charge in [0.15, 0.2) is 12.9 Å². The zero-order valence-electron chi connectivity index (χ0n) is 4.09. The lowest BCUT2D eigenvalue weighted by Gasteiger charge is -1.93. The summed E-state index contributed by atoms with van der Waals surface area (Å²) in [6.07, 6.45) is -0.531. The third-order valence-electron chi connectivity index (χ3n) is 0.873. The molecule has 0 aromatic heterocycles. The molecule has 1 saturated heterocycles. The van der Waals surface area contributed by atoms with Crippen molar-refractivity contribution in [3.63, 3.8) is 0 Å². The molecule has 0 saturated carbocycles. The van der Waals surface area contributed by atoms with Gasteiger partial charge in [0, 0.05) is 0 Å². The number of alkyl halides is 1. The van der Waals surface area contributed by atoms with Crippen LogP contribution in [0.25, 0.3) is 0 Å². The van der Waals surface area contributed by atoms with Crippen molar-refractivity contribution >= 4 is 17.6 Å². The first kappa shape index (κ1) is 5.85. The molecule has 0 aromatic rings. The summed E-state index contributed by atoms with van der Waals surface area (Å²) in [7, 11) is 0. The van der Waals surface area contributed by atoms with Crippen LogP contribution >= 0.6 is 11.6 Å². The summed E-state index contributed by atoms with van der Waals surface area (Å²) in [5.41, 5.74) is 0. The van der Waals surface area contributed by atoms with E-state index < -0.39 is 6.10 Å². The predicted octanol–water partition coefficient (Wildman–Crippen LogP) is 0.125. The van der Waals surface area contributed by atoms with Gasteiger partial charge in [-0.15, -0.1) is 11.6 Å².